The molecule has 1 nitrogen and oxygen atoms in total. The maximum absolute atomic E-state index is 5.69. The predicted octanol–water partition coefficient (Wildman–Crippen LogP) is 8.84. The Morgan fingerprint density at radius 2 is 0.720 bits per heavy atom. The fourth-order valence-corrected chi connectivity index (χ4v) is 3.75. The Bertz CT molecular complexity index is 204. The zero-order chi connectivity index (χ0) is 18.4. The number of unbranched alkanes of at least 4 members (excludes halogenated alkanes) is 16. The molecule has 0 saturated carbocycles. The summed E-state index contributed by atoms with van der Waals surface area (Å²) in [4.78, 5) is 0. The van der Waals surface area contributed by atoms with Crippen molar-refractivity contribution in [2.75, 3.05) is 7.11 Å². The second kappa shape index (κ2) is 22.0. The Balaban J connectivity index is 3.28. The molecule has 0 N–H and O–H groups in total. The van der Waals surface area contributed by atoms with E-state index < -0.39 is 0 Å². The Labute approximate surface area is 160 Å². The number of methoxy groups -OCH3 is 1. The highest BCUT2D eigenvalue weighted by Gasteiger charge is 2.06. The summed E-state index contributed by atoms with van der Waals surface area (Å²) in [5.74, 6) is 0. The molecule has 1 heteroatoms. The lowest BCUT2D eigenvalue weighted by molar-refractivity contribution is 0.0831. The molecule has 0 aliphatic heterocycles. The Kier molecular flexibility index (Phi) is 22.0. The zero-order valence-electron chi connectivity index (χ0n) is 18.1. The SMILES string of the molecule is CCCCCCCCCCCC(CCCCCCCCCCC)OC. The van der Waals surface area contributed by atoms with Gasteiger partial charge in [0.05, 0.1) is 6.10 Å². The van der Waals surface area contributed by atoms with Crippen LogP contribution < -0.4 is 0 Å². The Hall–Kier alpha value is -0.0400. The highest BCUT2D eigenvalue weighted by Crippen LogP contribution is 2.17. The molecule has 152 valence electrons. The van der Waals surface area contributed by atoms with Crippen LogP contribution in [0.15, 0.2) is 0 Å². The van der Waals surface area contributed by atoms with Gasteiger partial charge in [-0.2, -0.15) is 0 Å². The first-order chi connectivity index (χ1) is 12.3. The van der Waals surface area contributed by atoms with Crippen LogP contribution in [-0.4, -0.2) is 13.2 Å². The van der Waals surface area contributed by atoms with Gasteiger partial charge in [-0.25, -0.2) is 0 Å². The minimum absolute atomic E-state index is 0.522. The molecule has 25 heavy (non-hydrogen) atoms. The summed E-state index contributed by atoms with van der Waals surface area (Å²) in [5, 5.41) is 0. The standard InChI is InChI=1S/C24H50O/c1-4-6-8-10-12-14-16-18-20-22-24(25-3)23-21-19-17-15-13-11-9-7-5-2/h24H,4-23H2,1-3H3. The molecule has 0 aromatic carbocycles. The number of ether oxygens (including phenoxy) is 1. The third kappa shape index (κ3) is 20.1. The zero-order valence-corrected chi connectivity index (χ0v) is 18.1. The summed E-state index contributed by atoms with van der Waals surface area (Å²) in [7, 11) is 1.91. The van der Waals surface area contributed by atoms with E-state index in [9.17, 15) is 0 Å². The van der Waals surface area contributed by atoms with Crippen LogP contribution >= 0.6 is 0 Å². The van der Waals surface area contributed by atoms with Crippen molar-refractivity contribution < 1.29 is 4.74 Å². The van der Waals surface area contributed by atoms with Crippen molar-refractivity contribution >= 4 is 0 Å². The van der Waals surface area contributed by atoms with E-state index >= 15 is 0 Å². The monoisotopic (exact) mass is 354 g/mol. The average Bonchev–Trinajstić information content (AvgIpc) is 2.63. The van der Waals surface area contributed by atoms with Crippen molar-refractivity contribution in [3.63, 3.8) is 0 Å². The molecule has 0 heterocycles. The van der Waals surface area contributed by atoms with Crippen LogP contribution in [-0.2, 0) is 4.74 Å². The summed E-state index contributed by atoms with van der Waals surface area (Å²) in [6.45, 7) is 4.59. The van der Waals surface area contributed by atoms with Crippen molar-refractivity contribution in [3.05, 3.63) is 0 Å². The molecule has 0 atom stereocenters. The molecule has 0 fully saturated rings. The first-order valence-corrected chi connectivity index (χ1v) is 11.9. The van der Waals surface area contributed by atoms with Gasteiger partial charge in [0.15, 0.2) is 0 Å². The first kappa shape index (κ1) is 25.0. The predicted molar refractivity (Wildman–Crippen MR) is 114 cm³/mol. The maximum atomic E-state index is 5.69. The van der Waals surface area contributed by atoms with E-state index in [1.807, 2.05) is 7.11 Å². The van der Waals surface area contributed by atoms with E-state index in [4.69, 9.17) is 4.74 Å². The number of hydrogen-bond acceptors (Lipinski definition) is 1. The third-order valence-electron chi connectivity index (χ3n) is 5.59. The van der Waals surface area contributed by atoms with Gasteiger partial charge in [-0.15, -0.1) is 0 Å². The van der Waals surface area contributed by atoms with Gasteiger partial charge in [-0.1, -0.05) is 129 Å². The van der Waals surface area contributed by atoms with Crippen molar-refractivity contribution in [3.8, 4) is 0 Å². The van der Waals surface area contributed by atoms with Crippen LogP contribution in [0.3, 0.4) is 0 Å². The van der Waals surface area contributed by atoms with Gasteiger partial charge < -0.3 is 4.74 Å². The van der Waals surface area contributed by atoms with Crippen molar-refractivity contribution in [2.45, 2.75) is 148 Å². The molecule has 0 amide bonds. The number of hydrogen-bond donors (Lipinski definition) is 0. The van der Waals surface area contributed by atoms with E-state index in [-0.39, 0.29) is 0 Å². The molecule has 0 rings (SSSR count). The van der Waals surface area contributed by atoms with Crippen molar-refractivity contribution in [2.24, 2.45) is 0 Å². The van der Waals surface area contributed by atoms with Crippen molar-refractivity contribution in [1.29, 1.82) is 0 Å². The fourth-order valence-electron chi connectivity index (χ4n) is 3.75. The molecule has 0 aliphatic carbocycles. The molecule has 0 saturated heterocycles. The molecular weight excluding hydrogens is 304 g/mol. The highest BCUT2D eigenvalue weighted by molar-refractivity contribution is 4.59. The van der Waals surface area contributed by atoms with E-state index in [0.717, 1.165) is 0 Å². The highest BCUT2D eigenvalue weighted by atomic mass is 16.5. The Morgan fingerprint density at radius 3 is 1.00 bits per heavy atom. The van der Waals surface area contributed by atoms with E-state index in [0.29, 0.717) is 6.10 Å². The van der Waals surface area contributed by atoms with Crippen LogP contribution in [0.1, 0.15) is 142 Å². The van der Waals surface area contributed by atoms with Gasteiger partial charge in [0.2, 0.25) is 0 Å². The summed E-state index contributed by atoms with van der Waals surface area (Å²) >= 11 is 0. The maximum Gasteiger partial charge on any atom is 0.0571 e. The quantitative estimate of drug-likeness (QED) is 0.187. The summed E-state index contributed by atoms with van der Waals surface area (Å²) in [6, 6.07) is 0. The molecule has 0 bridgehead atoms. The van der Waals surface area contributed by atoms with Crippen LogP contribution in [0.25, 0.3) is 0 Å². The fraction of sp³-hybridized carbons (Fsp3) is 1.00. The topological polar surface area (TPSA) is 9.23 Å². The van der Waals surface area contributed by atoms with Crippen LogP contribution in [0.2, 0.25) is 0 Å². The summed E-state index contributed by atoms with van der Waals surface area (Å²) in [6.07, 6.45) is 28.6. The van der Waals surface area contributed by atoms with E-state index in [2.05, 4.69) is 13.8 Å². The second-order valence-corrected chi connectivity index (χ2v) is 8.09. The lowest BCUT2D eigenvalue weighted by Gasteiger charge is -2.15. The van der Waals surface area contributed by atoms with E-state index in [1.165, 1.54) is 128 Å². The van der Waals surface area contributed by atoms with Gasteiger partial charge in [0.25, 0.3) is 0 Å². The molecular formula is C24H50O. The van der Waals surface area contributed by atoms with Crippen LogP contribution in [0.4, 0.5) is 0 Å². The normalized spacial score (nSPS) is 11.5. The molecule has 0 spiro atoms. The molecule has 0 aliphatic rings. The second-order valence-electron chi connectivity index (χ2n) is 8.09. The molecule has 0 aromatic rings. The smallest absolute Gasteiger partial charge is 0.0571 e. The Morgan fingerprint density at radius 1 is 0.440 bits per heavy atom. The van der Waals surface area contributed by atoms with Crippen molar-refractivity contribution in [1.82, 2.24) is 0 Å². The van der Waals surface area contributed by atoms with Gasteiger partial charge in [0, 0.05) is 7.11 Å². The van der Waals surface area contributed by atoms with E-state index in [1.54, 1.807) is 0 Å². The van der Waals surface area contributed by atoms with Gasteiger partial charge in [-0.05, 0) is 12.8 Å². The minimum Gasteiger partial charge on any atom is -0.381 e. The third-order valence-corrected chi connectivity index (χ3v) is 5.59. The molecule has 0 aromatic heterocycles. The lowest BCUT2D eigenvalue weighted by atomic mass is 10.0. The largest absolute Gasteiger partial charge is 0.381 e. The first-order valence-electron chi connectivity index (χ1n) is 11.9. The van der Waals surface area contributed by atoms with Crippen LogP contribution in [0.5, 0.6) is 0 Å². The van der Waals surface area contributed by atoms with Gasteiger partial charge in [0.1, 0.15) is 0 Å². The molecule has 0 radical (unpaired) electrons. The lowest BCUT2D eigenvalue weighted by Crippen LogP contribution is -2.10. The number of rotatable bonds is 21. The van der Waals surface area contributed by atoms with Crippen LogP contribution in [0, 0.1) is 0 Å². The van der Waals surface area contributed by atoms with Gasteiger partial charge >= 0.3 is 0 Å². The summed E-state index contributed by atoms with van der Waals surface area (Å²) < 4.78 is 5.69. The average molecular weight is 355 g/mol. The minimum atomic E-state index is 0.522. The van der Waals surface area contributed by atoms with Gasteiger partial charge in [-0.3, -0.25) is 0 Å². The molecule has 0 unspecified atom stereocenters. The summed E-state index contributed by atoms with van der Waals surface area (Å²) in [5.41, 5.74) is 0.